The van der Waals surface area contributed by atoms with Crippen molar-refractivity contribution in [2.45, 2.75) is 6.92 Å². The molecule has 156 valence electrons. The number of carboxylic acid groups (broad SMARTS) is 1. The molecular formula is C23H17ClN2O5. The minimum Gasteiger partial charge on any atom is -0.494 e. The highest BCUT2D eigenvalue weighted by atomic mass is 35.5. The largest absolute Gasteiger partial charge is 0.494 e. The van der Waals surface area contributed by atoms with Gasteiger partial charge in [-0.15, -0.1) is 0 Å². The first-order valence-corrected chi connectivity index (χ1v) is 9.58. The number of halogens is 1. The minimum atomic E-state index is -1.10. The maximum atomic E-state index is 12.4. The van der Waals surface area contributed by atoms with Crippen LogP contribution in [0.2, 0.25) is 5.02 Å². The number of rotatable bonds is 7. The van der Waals surface area contributed by atoms with Gasteiger partial charge in [0.25, 0.3) is 5.91 Å². The van der Waals surface area contributed by atoms with E-state index in [9.17, 15) is 14.9 Å². The summed E-state index contributed by atoms with van der Waals surface area (Å²) in [6, 6.07) is 16.0. The maximum Gasteiger partial charge on any atom is 0.335 e. The number of aromatic carboxylic acids is 1. The van der Waals surface area contributed by atoms with Gasteiger partial charge in [-0.2, -0.15) is 5.26 Å². The molecule has 1 heterocycles. The van der Waals surface area contributed by atoms with Gasteiger partial charge in [0.2, 0.25) is 0 Å². The number of carboxylic acids is 1. The Labute approximate surface area is 183 Å². The van der Waals surface area contributed by atoms with Crippen LogP contribution in [-0.2, 0) is 4.79 Å². The summed E-state index contributed by atoms with van der Waals surface area (Å²) in [5.41, 5.74) is 0.783. The molecule has 3 rings (SSSR count). The predicted molar refractivity (Wildman–Crippen MR) is 116 cm³/mol. The summed E-state index contributed by atoms with van der Waals surface area (Å²) >= 11 is 6.16. The molecule has 3 aromatic rings. The molecule has 0 saturated heterocycles. The molecule has 1 amide bonds. The molecule has 0 aliphatic heterocycles. The molecule has 8 heteroatoms. The number of ether oxygens (including phenoxy) is 1. The molecule has 2 aromatic carbocycles. The second kappa shape index (κ2) is 9.65. The van der Waals surface area contributed by atoms with Crippen LogP contribution in [0.4, 0.5) is 5.69 Å². The van der Waals surface area contributed by atoms with Crippen LogP contribution in [0.5, 0.6) is 5.75 Å². The highest BCUT2D eigenvalue weighted by Crippen LogP contribution is 2.31. The van der Waals surface area contributed by atoms with Crippen molar-refractivity contribution in [2.24, 2.45) is 0 Å². The number of carbonyl (C=O) groups is 2. The van der Waals surface area contributed by atoms with Crippen LogP contribution in [0.25, 0.3) is 17.4 Å². The van der Waals surface area contributed by atoms with E-state index in [1.54, 1.807) is 36.4 Å². The second-order valence-corrected chi connectivity index (χ2v) is 6.69. The molecule has 0 fully saturated rings. The van der Waals surface area contributed by atoms with E-state index < -0.39 is 11.9 Å². The van der Waals surface area contributed by atoms with E-state index in [0.29, 0.717) is 34.4 Å². The third kappa shape index (κ3) is 5.32. The van der Waals surface area contributed by atoms with Crippen molar-refractivity contribution in [1.82, 2.24) is 0 Å². The lowest BCUT2D eigenvalue weighted by atomic mass is 10.1. The number of hydrogen-bond acceptors (Lipinski definition) is 5. The van der Waals surface area contributed by atoms with Crippen LogP contribution in [0.1, 0.15) is 23.0 Å². The number of furan rings is 1. The van der Waals surface area contributed by atoms with Gasteiger partial charge in [0.05, 0.1) is 17.2 Å². The first-order valence-electron chi connectivity index (χ1n) is 9.20. The zero-order valence-electron chi connectivity index (χ0n) is 16.4. The molecule has 31 heavy (non-hydrogen) atoms. The molecule has 0 atom stereocenters. The van der Waals surface area contributed by atoms with Crippen LogP contribution in [0, 0.1) is 11.3 Å². The molecule has 1 aromatic heterocycles. The summed E-state index contributed by atoms with van der Waals surface area (Å²) in [5.74, 6) is -0.475. The SMILES string of the molecule is CCOc1ccc(NC(=O)/C(C#N)=C/c2ccc(-c3cc(C(=O)O)ccc3Cl)o2)cc1. The number of carbonyl (C=O) groups excluding carboxylic acids is 1. The van der Waals surface area contributed by atoms with Crippen LogP contribution in [0.15, 0.2) is 64.6 Å². The molecule has 0 spiro atoms. The summed E-state index contributed by atoms with van der Waals surface area (Å²) in [6.07, 6.45) is 1.29. The van der Waals surface area contributed by atoms with Crippen molar-refractivity contribution in [3.63, 3.8) is 0 Å². The van der Waals surface area contributed by atoms with Gasteiger partial charge < -0.3 is 19.6 Å². The lowest BCUT2D eigenvalue weighted by Crippen LogP contribution is -2.13. The van der Waals surface area contributed by atoms with Gasteiger partial charge in [-0.25, -0.2) is 4.79 Å². The molecule has 2 N–H and O–H groups in total. The summed E-state index contributed by atoms with van der Waals surface area (Å²) in [4.78, 5) is 23.6. The van der Waals surface area contributed by atoms with Crippen molar-refractivity contribution in [3.05, 3.63) is 76.5 Å². The van der Waals surface area contributed by atoms with Gasteiger partial charge in [0.15, 0.2) is 0 Å². The van der Waals surface area contributed by atoms with Crippen molar-refractivity contribution in [2.75, 3.05) is 11.9 Å². The van der Waals surface area contributed by atoms with Gasteiger partial charge in [-0.05, 0) is 61.5 Å². The molecular weight excluding hydrogens is 420 g/mol. The average Bonchev–Trinajstić information content (AvgIpc) is 3.22. The third-order valence-corrected chi connectivity index (χ3v) is 4.51. The minimum absolute atomic E-state index is 0.0559. The van der Waals surface area contributed by atoms with Gasteiger partial charge in [0.1, 0.15) is 28.9 Å². The topological polar surface area (TPSA) is 113 Å². The Morgan fingerprint density at radius 1 is 1.19 bits per heavy atom. The van der Waals surface area contributed by atoms with Crippen molar-refractivity contribution < 1.29 is 23.8 Å². The number of nitrogens with zero attached hydrogens (tertiary/aromatic N) is 1. The molecule has 0 saturated carbocycles. The van der Waals surface area contributed by atoms with Gasteiger partial charge >= 0.3 is 5.97 Å². The fourth-order valence-electron chi connectivity index (χ4n) is 2.71. The summed E-state index contributed by atoms with van der Waals surface area (Å²) in [5, 5.41) is 21.5. The van der Waals surface area contributed by atoms with E-state index in [2.05, 4.69) is 5.32 Å². The summed E-state index contributed by atoms with van der Waals surface area (Å²) in [6.45, 7) is 2.40. The lowest BCUT2D eigenvalue weighted by molar-refractivity contribution is -0.112. The number of amides is 1. The van der Waals surface area contributed by atoms with E-state index in [0.717, 1.165) is 0 Å². The zero-order valence-corrected chi connectivity index (χ0v) is 17.1. The quantitative estimate of drug-likeness (QED) is 0.386. The molecule has 0 aliphatic carbocycles. The number of nitriles is 1. The van der Waals surface area contributed by atoms with Crippen molar-refractivity contribution in [3.8, 4) is 23.1 Å². The number of benzene rings is 2. The highest BCUT2D eigenvalue weighted by Gasteiger charge is 2.14. The monoisotopic (exact) mass is 436 g/mol. The molecule has 0 unspecified atom stereocenters. The molecule has 0 aliphatic rings. The Balaban J connectivity index is 1.80. The maximum absolute atomic E-state index is 12.4. The van der Waals surface area contributed by atoms with E-state index in [4.69, 9.17) is 25.9 Å². The van der Waals surface area contributed by atoms with E-state index in [1.807, 2.05) is 13.0 Å². The Hall–Kier alpha value is -4.02. The first kappa shape index (κ1) is 21.7. The Morgan fingerprint density at radius 2 is 1.94 bits per heavy atom. The van der Waals surface area contributed by atoms with E-state index in [-0.39, 0.29) is 16.9 Å². The summed E-state index contributed by atoms with van der Waals surface area (Å²) < 4.78 is 11.0. The van der Waals surface area contributed by atoms with Gasteiger partial charge in [0, 0.05) is 17.3 Å². The number of nitrogens with one attached hydrogen (secondary N) is 1. The number of anilines is 1. The van der Waals surface area contributed by atoms with Crippen LogP contribution < -0.4 is 10.1 Å². The smallest absolute Gasteiger partial charge is 0.335 e. The Bertz CT molecular complexity index is 1190. The van der Waals surface area contributed by atoms with E-state index in [1.165, 1.54) is 24.3 Å². The molecule has 7 nitrogen and oxygen atoms in total. The van der Waals surface area contributed by atoms with Gasteiger partial charge in [-0.1, -0.05) is 11.6 Å². The van der Waals surface area contributed by atoms with Crippen molar-refractivity contribution >= 4 is 35.2 Å². The van der Waals surface area contributed by atoms with Gasteiger partial charge in [-0.3, -0.25) is 4.79 Å². The predicted octanol–water partition coefficient (Wildman–Crippen LogP) is 5.24. The Morgan fingerprint density at radius 3 is 2.58 bits per heavy atom. The van der Waals surface area contributed by atoms with Crippen LogP contribution in [-0.4, -0.2) is 23.6 Å². The van der Waals surface area contributed by atoms with Crippen molar-refractivity contribution in [1.29, 1.82) is 5.26 Å². The normalized spacial score (nSPS) is 10.9. The average molecular weight is 437 g/mol. The summed E-state index contributed by atoms with van der Waals surface area (Å²) in [7, 11) is 0. The standard InChI is InChI=1S/C23H17ClN2O5/c1-2-30-17-6-4-16(5-7-17)26-22(27)15(13-25)11-18-8-10-21(31-18)19-12-14(23(28)29)3-9-20(19)24/h3-12H,2H2,1H3,(H,26,27)(H,28,29)/b15-11+. The third-order valence-electron chi connectivity index (χ3n) is 4.18. The second-order valence-electron chi connectivity index (χ2n) is 6.28. The Kier molecular flexibility index (Phi) is 6.75. The fourth-order valence-corrected chi connectivity index (χ4v) is 2.92. The van der Waals surface area contributed by atoms with Crippen LogP contribution in [0.3, 0.4) is 0 Å². The van der Waals surface area contributed by atoms with E-state index >= 15 is 0 Å². The molecule has 0 radical (unpaired) electrons. The fraction of sp³-hybridized carbons (Fsp3) is 0.0870. The zero-order chi connectivity index (χ0) is 22.4. The highest BCUT2D eigenvalue weighted by molar-refractivity contribution is 6.33. The van der Waals surface area contributed by atoms with Crippen LogP contribution >= 0.6 is 11.6 Å². The number of hydrogen-bond donors (Lipinski definition) is 2. The molecule has 0 bridgehead atoms. The lowest BCUT2D eigenvalue weighted by Gasteiger charge is -2.06. The first-order chi connectivity index (χ1) is 14.9.